The molecular weight excluding hydrogens is 260 g/mol. The topological polar surface area (TPSA) is 49.8 Å². The number of rotatable bonds is 6. The van der Waals surface area contributed by atoms with E-state index in [2.05, 4.69) is 42.5 Å². The Bertz CT molecular complexity index is 632. The van der Waals surface area contributed by atoms with Crippen LogP contribution in [0.15, 0.2) is 24.3 Å². The van der Waals surface area contributed by atoms with Crippen molar-refractivity contribution in [3.8, 4) is 0 Å². The summed E-state index contributed by atoms with van der Waals surface area (Å²) in [5, 5.41) is 8.04. The molecule has 1 aliphatic carbocycles. The summed E-state index contributed by atoms with van der Waals surface area (Å²) in [6.07, 6.45) is 3.68. The van der Waals surface area contributed by atoms with Crippen molar-refractivity contribution in [2.75, 3.05) is 17.2 Å². The maximum Gasteiger partial charge on any atom is 0.225 e. The van der Waals surface area contributed by atoms with Crippen molar-refractivity contribution in [1.82, 2.24) is 9.97 Å². The predicted molar refractivity (Wildman–Crippen MR) is 88.7 cm³/mol. The first kappa shape index (κ1) is 14.1. The Morgan fingerprint density at radius 1 is 1.19 bits per heavy atom. The second kappa shape index (κ2) is 5.51. The lowest BCUT2D eigenvalue weighted by Crippen LogP contribution is -2.34. The lowest BCUT2D eigenvalue weighted by Gasteiger charge is -2.27. The van der Waals surface area contributed by atoms with Gasteiger partial charge in [0, 0.05) is 17.5 Å². The quantitative estimate of drug-likeness (QED) is 0.840. The number of para-hydroxylation sites is 1. The van der Waals surface area contributed by atoms with Gasteiger partial charge >= 0.3 is 0 Å². The monoisotopic (exact) mass is 284 g/mol. The molecule has 21 heavy (non-hydrogen) atoms. The van der Waals surface area contributed by atoms with Crippen molar-refractivity contribution >= 4 is 22.7 Å². The number of benzene rings is 1. The summed E-state index contributed by atoms with van der Waals surface area (Å²) < 4.78 is 0. The van der Waals surface area contributed by atoms with E-state index in [1.54, 1.807) is 0 Å². The Morgan fingerprint density at radius 3 is 2.67 bits per heavy atom. The molecule has 112 valence electrons. The van der Waals surface area contributed by atoms with Crippen LogP contribution in [-0.2, 0) is 0 Å². The summed E-state index contributed by atoms with van der Waals surface area (Å²) in [4.78, 5) is 9.30. The van der Waals surface area contributed by atoms with Gasteiger partial charge in [-0.1, -0.05) is 19.1 Å². The van der Waals surface area contributed by atoms with E-state index in [-0.39, 0.29) is 5.54 Å². The molecule has 2 aromatic rings. The summed E-state index contributed by atoms with van der Waals surface area (Å²) >= 11 is 0. The van der Waals surface area contributed by atoms with Crippen LogP contribution in [0.2, 0.25) is 0 Å². The molecule has 2 N–H and O–H groups in total. The van der Waals surface area contributed by atoms with E-state index in [9.17, 15) is 0 Å². The number of hydrogen-bond donors (Lipinski definition) is 2. The molecule has 1 heterocycles. The van der Waals surface area contributed by atoms with Crippen LogP contribution in [0, 0.1) is 5.92 Å². The van der Waals surface area contributed by atoms with Crippen molar-refractivity contribution in [1.29, 1.82) is 0 Å². The van der Waals surface area contributed by atoms with Gasteiger partial charge in [-0.25, -0.2) is 4.98 Å². The summed E-state index contributed by atoms with van der Waals surface area (Å²) in [6, 6.07) is 8.20. The van der Waals surface area contributed by atoms with Gasteiger partial charge in [-0.3, -0.25) is 0 Å². The highest BCUT2D eigenvalue weighted by atomic mass is 15.2. The molecule has 0 bridgehead atoms. The third kappa shape index (κ3) is 3.09. The van der Waals surface area contributed by atoms with E-state index in [0.717, 1.165) is 35.6 Å². The Hall–Kier alpha value is -1.84. The fraction of sp³-hybridized carbons (Fsp3) is 0.529. The van der Waals surface area contributed by atoms with Crippen LogP contribution in [0.3, 0.4) is 0 Å². The SMILES string of the molecule is CCCNc1nc(NC(C)(C)C2CC2)c2ccccc2n1. The average molecular weight is 284 g/mol. The molecular formula is C17H24N4. The molecule has 4 heteroatoms. The Labute approximate surface area is 126 Å². The van der Waals surface area contributed by atoms with Crippen LogP contribution in [0.25, 0.3) is 10.9 Å². The van der Waals surface area contributed by atoms with E-state index in [0.29, 0.717) is 5.95 Å². The van der Waals surface area contributed by atoms with E-state index in [4.69, 9.17) is 4.98 Å². The molecule has 0 unspecified atom stereocenters. The normalized spacial score (nSPS) is 15.2. The molecule has 1 fully saturated rings. The van der Waals surface area contributed by atoms with Gasteiger partial charge in [0.1, 0.15) is 5.82 Å². The molecule has 1 aromatic heterocycles. The number of fused-ring (bicyclic) bond motifs is 1. The van der Waals surface area contributed by atoms with Crippen molar-refractivity contribution in [2.45, 2.75) is 45.6 Å². The number of nitrogens with one attached hydrogen (secondary N) is 2. The fourth-order valence-electron chi connectivity index (χ4n) is 2.70. The van der Waals surface area contributed by atoms with Crippen LogP contribution < -0.4 is 10.6 Å². The zero-order chi connectivity index (χ0) is 14.9. The summed E-state index contributed by atoms with van der Waals surface area (Å²) in [6.45, 7) is 7.56. The van der Waals surface area contributed by atoms with Crippen molar-refractivity contribution in [3.63, 3.8) is 0 Å². The number of aromatic nitrogens is 2. The highest BCUT2D eigenvalue weighted by molar-refractivity contribution is 5.90. The maximum atomic E-state index is 4.70. The van der Waals surface area contributed by atoms with E-state index in [1.165, 1.54) is 12.8 Å². The molecule has 3 rings (SSSR count). The van der Waals surface area contributed by atoms with Crippen LogP contribution in [-0.4, -0.2) is 22.1 Å². The van der Waals surface area contributed by atoms with Crippen molar-refractivity contribution < 1.29 is 0 Å². The smallest absolute Gasteiger partial charge is 0.225 e. The van der Waals surface area contributed by atoms with Gasteiger partial charge in [0.25, 0.3) is 0 Å². The van der Waals surface area contributed by atoms with Gasteiger partial charge in [0.15, 0.2) is 0 Å². The van der Waals surface area contributed by atoms with Gasteiger partial charge in [0.2, 0.25) is 5.95 Å². The molecule has 0 aliphatic heterocycles. The third-order valence-electron chi connectivity index (χ3n) is 4.17. The molecule has 0 radical (unpaired) electrons. The van der Waals surface area contributed by atoms with Gasteiger partial charge in [-0.15, -0.1) is 0 Å². The second-order valence-electron chi connectivity index (χ2n) is 6.46. The van der Waals surface area contributed by atoms with E-state index >= 15 is 0 Å². The van der Waals surface area contributed by atoms with E-state index in [1.807, 2.05) is 18.2 Å². The minimum absolute atomic E-state index is 0.0825. The molecule has 1 aromatic carbocycles. The minimum Gasteiger partial charge on any atom is -0.364 e. The number of hydrogen-bond acceptors (Lipinski definition) is 4. The van der Waals surface area contributed by atoms with Gasteiger partial charge in [-0.05, 0) is 51.2 Å². The van der Waals surface area contributed by atoms with Crippen LogP contribution in [0.4, 0.5) is 11.8 Å². The average Bonchev–Trinajstić information content (AvgIpc) is 3.30. The van der Waals surface area contributed by atoms with Crippen LogP contribution in [0.1, 0.15) is 40.0 Å². The molecule has 0 amide bonds. The fourth-order valence-corrected chi connectivity index (χ4v) is 2.70. The third-order valence-corrected chi connectivity index (χ3v) is 4.17. The van der Waals surface area contributed by atoms with Crippen LogP contribution >= 0.6 is 0 Å². The molecule has 4 nitrogen and oxygen atoms in total. The highest BCUT2D eigenvalue weighted by Gasteiger charge is 2.38. The predicted octanol–water partition coefficient (Wildman–Crippen LogP) is 4.05. The first-order valence-corrected chi connectivity index (χ1v) is 7.89. The Morgan fingerprint density at radius 2 is 1.95 bits per heavy atom. The van der Waals surface area contributed by atoms with Gasteiger partial charge in [0.05, 0.1) is 5.52 Å². The maximum absolute atomic E-state index is 4.70. The largest absolute Gasteiger partial charge is 0.364 e. The molecule has 0 saturated heterocycles. The molecule has 1 aliphatic rings. The Kier molecular flexibility index (Phi) is 3.70. The zero-order valence-corrected chi connectivity index (χ0v) is 13.1. The summed E-state index contributed by atoms with van der Waals surface area (Å²) in [5.41, 5.74) is 1.07. The van der Waals surface area contributed by atoms with Crippen molar-refractivity contribution in [3.05, 3.63) is 24.3 Å². The van der Waals surface area contributed by atoms with E-state index < -0.39 is 0 Å². The molecule has 0 atom stereocenters. The molecule has 1 saturated carbocycles. The lowest BCUT2D eigenvalue weighted by atomic mass is 9.98. The lowest BCUT2D eigenvalue weighted by molar-refractivity contribution is 0.493. The first-order chi connectivity index (χ1) is 10.1. The van der Waals surface area contributed by atoms with Gasteiger partial charge < -0.3 is 10.6 Å². The van der Waals surface area contributed by atoms with Gasteiger partial charge in [-0.2, -0.15) is 4.98 Å². The highest BCUT2D eigenvalue weighted by Crippen LogP contribution is 2.41. The summed E-state index contributed by atoms with van der Waals surface area (Å²) in [7, 11) is 0. The zero-order valence-electron chi connectivity index (χ0n) is 13.1. The standard InChI is InChI=1S/C17H24N4/c1-4-11-18-16-19-14-8-6-5-7-13(14)15(20-16)21-17(2,3)12-9-10-12/h5-8,12H,4,9-11H2,1-3H3,(H2,18,19,20,21). The van der Waals surface area contributed by atoms with Crippen LogP contribution in [0.5, 0.6) is 0 Å². The summed E-state index contributed by atoms with van der Waals surface area (Å²) in [5.74, 6) is 2.40. The minimum atomic E-state index is 0.0825. The number of nitrogens with zero attached hydrogens (tertiary/aromatic N) is 2. The first-order valence-electron chi connectivity index (χ1n) is 7.89. The number of anilines is 2. The molecule has 0 spiro atoms. The van der Waals surface area contributed by atoms with Crippen molar-refractivity contribution in [2.24, 2.45) is 5.92 Å². The second-order valence-corrected chi connectivity index (χ2v) is 6.46. The Balaban J connectivity index is 1.97.